The van der Waals surface area contributed by atoms with Crippen molar-refractivity contribution in [2.45, 2.75) is 32.6 Å². The van der Waals surface area contributed by atoms with E-state index in [2.05, 4.69) is 5.32 Å². The van der Waals surface area contributed by atoms with Gasteiger partial charge in [0, 0.05) is 22.3 Å². The Labute approximate surface area is 172 Å². The molecule has 1 amide bonds. The van der Waals surface area contributed by atoms with Gasteiger partial charge >= 0.3 is 0 Å². The number of furan rings is 1. The third-order valence-electron chi connectivity index (χ3n) is 5.40. The topological polar surface area (TPSA) is 81.2 Å². The predicted molar refractivity (Wildman–Crippen MR) is 118 cm³/mol. The fraction of sp³-hybridized carbons (Fsp3) is 0.217. The van der Waals surface area contributed by atoms with Gasteiger partial charge in [-0.2, -0.15) is 0 Å². The maximum absolute atomic E-state index is 13.0. The van der Waals surface area contributed by atoms with Crippen LogP contribution in [0.2, 0.25) is 0 Å². The second-order valence-corrected chi connectivity index (χ2v) is 8.44. The van der Waals surface area contributed by atoms with Gasteiger partial charge in [0.1, 0.15) is 15.5 Å². The lowest BCUT2D eigenvalue weighted by Gasteiger charge is -2.18. The Kier molecular flexibility index (Phi) is 4.36. The molecule has 0 atom stereocenters. The van der Waals surface area contributed by atoms with Crippen molar-refractivity contribution in [1.29, 1.82) is 0 Å². The molecule has 0 aliphatic heterocycles. The second kappa shape index (κ2) is 7.04. The van der Waals surface area contributed by atoms with Crippen molar-refractivity contribution < 1.29 is 9.21 Å². The summed E-state index contributed by atoms with van der Waals surface area (Å²) >= 11 is 1.35. The van der Waals surface area contributed by atoms with Crippen LogP contribution in [0.15, 0.2) is 47.1 Å². The van der Waals surface area contributed by atoms with Crippen molar-refractivity contribution in [1.82, 2.24) is 4.98 Å². The summed E-state index contributed by atoms with van der Waals surface area (Å²) < 4.78 is 5.75. The first-order valence-electron chi connectivity index (χ1n) is 9.77. The lowest BCUT2D eigenvalue weighted by Crippen LogP contribution is -2.12. The molecular formula is C23H21N3O2S. The SMILES string of the molecule is Cc1cccc(NC(=O)c2sc3nc4c(c(-c5ccco5)c3c2N)CCCC4)c1. The Hall–Kier alpha value is -3.12. The largest absolute Gasteiger partial charge is 0.464 e. The summed E-state index contributed by atoms with van der Waals surface area (Å²) in [6, 6.07) is 11.6. The van der Waals surface area contributed by atoms with Gasteiger partial charge in [-0.1, -0.05) is 12.1 Å². The maximum atomic E-state index is 13.0. The Morgan fingerprint density at radius 3 is 2.86 bits per heavy atom. The molecule has 29 heavy (non-hydrogen) atoms. The van der Waals surface area contributed by atoms with E-state index in [4.69, 9.17) is 15.1 Å². The smallest absolute Gasteiger partial charge is 0.267 e. The van der Waals surface area contributed by atoms with E-state index in [-0.39, 0.29) is 5.91 Å². The zero-order valence-electron chi connectivity index (χ0n) is 16.1. The van der Waals surface area contributed by atoms with E-state index in [1.54, 1.807) is 6.26 Å². The predicted octanol–water partition coefficient (Wildman–Crippen LogP) is 5.58. The number of hydrogen-bond acceptors (Lipinski definition) is 5. The van der Waals surface area contributed by atoms with E-state index in [0.717, 1.165) is 64.2 Å². The molecule has 1 aliphatic rings. The summed E-state index contributed by atoms with van der Waals surface area (Å²) in [5.41, 5.74) is 12.1. The summed E-state index contributed by atoms with van der Waals surface area (Å²) in [4.78, 5) is 19.2. The molecule has 1 aromatic carbocycles. The molecule has 3 aromatic heterocycles. The zero-order chi connectivity index (χ0) is 20.0. The number of nitrogen functional groups attached to an aromatic ring is 1. The number of nitrogens with two attached hydrogens (primary N) is 1. The summed E-state index contributed by atoms with van der Waals surface area (Å²) in [5.74, 6) is 0.574. The van der Waals surface area contributed by atoms with Crippen LogP contribution in [0.4, 0.5) is 11.4 Å². The van der Waals surface area contributed by atoms with Gasteiger partial charge in [0.15, 0.2) is 0 Å². The minimum absolute atomic E-state index is 0.209. The lowest BCUT2D eigenvalue weighted by atomic mass is 9.89. The average Bonchev–Trinajstić information content (AvgIpc) is 3.35. The summed E-state index contributed by atoms with van der Waals surface area (Å²) in [5, 5.41) is 3.80. The molecular weight excluding hydrogens is 382 g/mol. The second-order valence-electron chi connectivity index (χ2n) is 7.45. The van der Waals surface area contributed by atoms with Crippen LogP contribution < -0.4 is 11.1 Å². The highest BCUT2D eigenvalue weighted by molar-refractivity contribution is 7.21. The lowest BCUT2D eigenvalue weighted by molar-refractivity contribution is 0.103. The number of benzene rings is 1. The van der Waals surface area contributed by atoms with Gasteiger partial charge < -0.3 is 15.5 Å². The number of amides is 1. The fourth-order valence-electron chi connectivity index (χ4n) is 4.08. The third-order valence-corrected chi connectivity index (χ3v) is 6.50. The molecule has 0 unspecified atom stereocenters. The summed E-state index contributed by atoms with van der Waals surface area (Å²) in [7, 11) is 0. The van der Waals surface area contributed by atoms with Crippen LogP contribution in [0.5, 0.6) is 0 Å². The van der Waals surface area contributed by atoms with Crippen LogP contribution in [-0.2, 0) is 12.8 Å². The number of anilines is 2. The van der Waals surface area contributed by atoms with Crippen molar-refractivity contribution in [3.05, 3.63) is 64.4 Å². The molecule has 5 nitrogen and oxygen atoms in total. The van der Waals surface area contributed by atoms with E-state index in [0.29, 0.717) is 10.6 Å². The van der Waals surface area contributed by atoms with Crippen molar-refractivity contribution in [2.24, 2.45) is 0 Å². The number of aryl methyl sites for hydroxylation is 2. The molecule has 1 aliphatic carbocycles. The Balaban J connectivity index is 1.66. The van der Waals surface area contributed by atoms with E-state index in [1.807, 2.05) is 43.3 Å². The molecule has 146 valence electrons. The van der Waals surface area contributed by atoms with Crippen LogP contribution >= 0.6 is 11.3 Å². The number of nitrogens with zero attached hydrogens (tertiary/aromatic N) is 1. The zero-order valence-corrected chi connectivity index (χ0v) is 16.9. The van der Waals surface area contributed by atoms with Gasteiger partial charge in [-0.25, -0.2) is 4.98 Å². The number of nitrogens with one attached hydrogen (secondary N) is 1. The van der Waals surface area contributed by atoms with Crippen LogP contribution in [0.25, 0.3) is 21.5 Å². The van der Waals surface area contributed by atoms with Gasteiger partial charge in [-0.3, -0.25) is 4.79 Å². The van der Waals surface area contributed by atoms with E-state index < -0.39 is 0 Å². The molecule has 0 saturated carbocycles. The molecule has 6 heteroatoms. The molecule has 3 heterocycles. The highest BCUT2D eigenvalue weighted by Gasteiger charge is 2.26. The minimum atomic E-state index is -0.209. The van der Waals surface area contributed by atoms with Gasteiger partial charge in [0.2, 0.25) is 0 Å². The monoisotopic (exact) mass is 403 g/mol. The Morgan fingerprint density at radius 2 is 2.07 bits per heavy atom. The number of thiophene rings is 1. The molecule has 0 radical (unpaired) electrons. The normalized spacial score (nSPS) is 13.4. The van der Waals surface area contributed by atoms with Crippen molar-refractivity contribution >= 4 is 38.8 Å². The number of carbonyl (C=O) groups is 1. The van der Waals surface area contributed by atoms with Crippen molar-refractivity contribution in [3.8, 4) is 11.3 Å². The fourth-order valence-corrected chi connectivity index (χ4v) is 5.10. The number of pyridine rings is 1. The average molecular weight is 404 g/mol. The van der Waals surface area contributed by atoms with E-state index in [1.165, 1.54) is 16.9 Å². The standard InChI is InChI=1S/C23H21N3O2S/c1-13-6-4-7-14(12-13)25-22(27)21-20(24)19-18(17-10-5-11-28-17)15-8-2-3-9-16(15)26-23(19)29-21/h4-7,10-12H,2-3,8-9,24H2,1H3,(H,25,27). The molecule has 0 bridgehead atoms. The first-order chi connectivity index (χ1) is 14.1. The molecule has 0 fully saturated rings. The number of aromatic nitrogens is 1. The number of hydrogen-bond donors (Lipinski definition) is 2. The number of rotatable bonds is 3. The van der Waals surface area contributed by atoms with Gasteiger partial charge in [0.05, 0.1) is 12.0 Å². The molecule has 5 rings (SSSR count). The molecule has 3 N–H and O–H groups in total. The number of carbonyl (C=O) groups excluding carboxylic acids is 1. The number of fused-ring (bicyclic) bond motifs is 2. The van der Waals surface area contributed by atoms with Gasteiger partial charge in [0.25, 0.3) is 5.91 Å². The molecule has 0 saturated heterocycles. The summed E-state index contributed by atoms with van der Waals surface area (Å²) in [6.45, 7) is 1.99. The van der Waals surface area contributed by atoms with Crippen LogP contribution in [0, 0.1) is 6.92 Å². The van der Waals surface area contributed by atoms with E-state index in [9.17, 15) is 4.79 Å². The minimum Gasteiger partial charge on any atom is -0.464 e. The Bertz CT molecular complexity index is 1220. The highest BCUT2D eigenvalue weighted by Crippen LogP contribution is 2.44. The maximum Gasteiger partial charge on any atom is 0.267 e. The first-order valence-corrected chi connectivity index (χ1v) is 10.6. The molecule has 0 spiro atoms. The van der Waals surface area contributed by atoms with Gasteiger partial charge in [-0.15, -0.1) is 11.3 Å². The Morgan fingerprint density at radius 1 is 1.21 bits per heavy atom. The van der Waals surface area contributed by atoms with Gasteiger partial charge in [-0.05, 0) is 68.0 Å². The van der Waals surface area contributed by atoms with E-state index >= 15 is 0 Å². The van der Waals surface area contributed by atoms with Crippen LogP contribution in [0.1, 0.15) is 39.3 Å². The quantitative estimate of drug-likeness (QED) is 0.468. The molecule has 4 aromatic rings. The third kappa shape index (κ3) is 3.09. The van der Waals surface area contributed by atoms with Crippen LogP contribution in [0.3, 0.4) is 0 Å². The first kappa shape index (κ1) is 17.9. The van der Waals surface area contributed by atoms with Crippen molar-refractivity contribution in [2.75, 3.05) is 11.1 Å². The van der Waals surface area contributed by atoms with Crippen molar-refractivity contribution in [3.63, 3.8) is 0 Å². The van der Waals surface area contributed by atoms with Crippen LogP contribution in [-0.4, -0.2) is 10.9 Å². The highest BCUT2D eigenvalue weighted by atomic mass is 32.1. The summed E-state index contributed by atoms with van der Waals surface area (Å²) in [6.07, 6.45) is 5.82.